The van der Waals surface area contributed by atoms with Crippen LogP contribution in [0.5, 0.6) is 0 Å². The molecule has 9 nitrogen and oxygen atoms in total. The summed E-state index contributed by atoms with van der Waals surface area (Å²) in [5.41, 5.74) is -0.718. The molecule has 0 N–H and O–H groups in total. The lowest BCUT2D eigenvalue weighted by molar-refractivity contribution is -0.154. The van der Waals surface area contributed by atoms with Gasteiger partial charge in [0.25, 0.3) is 0 Å². The third-order valence-electron chi connectivity index (χ3n) is 2.98. The predicted molar refractivity (Wildman–Crippen MR) is 85.0 cm³/mol. The van der Waals surface area contributed by atoms with Gasteiger partial charge in [-0.3, -0.25) is 4.79 Å². The van der Waals surface area contributed by atoms with Crippen LogP contribution in [0.2, 0.25) is 0 Å². The van der Waals surface area contributed by atoms with E-state index >= 15 is 0 Å². The number of hydrogen-bond acceptors (Lipinski definition) is 8. The normalized spacial score (nSPS) is 14.0. The molecule has 0 aromatic rings. The topological polar surface area (TPSA) is 132 Å². The van der Waals surface area contributed by atoms with Gasteiger partial charge in [-0.2, -0.15) is 0 Å². The largest absolute Gasteiger partial charge is 0.465 e. The fraction of sp³-hybridized carbons (Fsp3) is 0.909. The van der Waals surface area contributed by atoms with Crippen molar-refractivity contribution in [2.24, 2.45) is 5.41 Å². The zero-order valence-corrected chi connectivity index (χ0v) is 16.2. The van der Waals surface area contributed by atoms with Crippen LogP contribution in [0.4, 0.5) is 0 Å². The Hall–Kier alpha value is -0.720. The van der Waals surface area contributed by atoms with E-state index in [2.05, 4.69) is 0 Å². The van der Waals surface area contributed by atoms with E-state index in [-0.39, 0.29) is 13.0 Å². The molecule has 138 valence electrons. The number of rotatable bonds is 9. The fourth-order valence-corrected chi connectivity index (χ4v) is 7.83. The summed E-state index contributed by atoms with van der Waals surface area (Å²) in [6, 6.07) is 0. The summed E-state index contributed by atoms with van der Waals surface area (Å²) in [6.45, 7) is 4.87. The maximum Gasteiger partial charge on any atom is 0.311 e. The van der Waals surface area contributed by atoms with E-state index in [4.69, 9.17) is 4.74 Å². The van der Waals surface area contributed by atoms with Gasteiger partial charge in [0.15, 0.2) is 0 Å². The Labute approximate surface area is 138 Å². The molecule has 0 aliphatic rings. The zero-order valence-electron chi connectivity index (χ0n) is 13.8. The quantitative estimate of drug-likeness (QED) is 0.392. The van der Waals surface area contributed by atoms with Gasteiger partial charge >= 0.3 is 5.97 Å². The first-order valence-corrected chi connectivity index (χ1v) is 12.0. The highest BCUT2D eigenvalue weighted by Gasteiger charge is 2.39. The second-order valence-corrected chi connectivity index (χ2v) is 12.0. The lowest BCUT2D eigenvalue weighted by atomic mass is 9.91. The van der Waals surface area contributed by atoms with Crippen molar-refractivity contribution in [1.82, 2.24) is 3.12 Å². The molecule has 12 heteroatoms. The van der Waals surface area contributed by atoms with Gasteiger partial charge in [0.05, 0.1) is 30.3 Å². The molecule has 0 fully saturated rings. The van der Waals surface area contributed by atoms with Crippen molar-refractivity contribution in [1.29, 1.82) is 0 Å². The molecule has 0 aliphatic carbocycles. The van der Waals surface area contributed by atoms with Crippen molar-refractivity contribution in [3.8, 4) is 0 Å². The first-order valence-electron chi connectivity index (χ1n) is 6.66. The van der Waals surface area contributed by atoms with Crippen LogP contribution in [0, 0.1) is 5.41 Å². The smallest absolute Gasteiger partial charge is 0.311 e. The zero-order chi connectivity index (χ0) is 18.7. The van der Waals surface area contributed by atoms with Gasteiger partial charge < -0.3 is 4.74 Å². The molecular formula is C11H23NO8S3. The Kier molecular flexibility index (Phi) is 7.21. The van der Waals surface area contributed by atoms with Gasteiger partial charge in [-0.1, -0.05) is 6.92 Å². The van der Waals surface area contributed by atoms with Crippen LogP contribution in [0.3, 0.4) is 0 Å². The number of carbonyl (C=O) groups excluding carboxylic acids is 1. The Morgan fingerprint density at radius 3 is 1.78 bits per heavy atom. The van der Waals surface area contributed by atoms with E-state index in [1.807, 2.05) is 0 Å². The molecule has 0 saturated heterocycles. The molecule has 23 heavy (non-hydrogen) atoms. The van der Waals surface area contributed by atoms with Crippen LogP contribution in [-0.2, 0) is 39.6 Å². The van der Waals surface area contributed by atoms with Gasteiger partial charge in [0, 0.05) is 3.12 Å². The molecule has 0 unspecified atom stereocenters. The average Bonchev–Trinajstić information content (AvgIpc) is 2.29. The molecule has 0 spiro atoms. The minimum Gasteiger partial charge on any atom is -0.465 e. The first-order chi connectivity index (χ1) is 10.1. The highest BCUT2D eigenvalue weighted by atomic mass is 32.3. The summed E-state index contributed by atoms with van der Waals surface area (Å²) in [7, 11) is -13.6. The van der Waals surface area contributed by atoms with Gasteiger partial charge in [-0.15, -0.1) is 0 Å². The van der Waals surface area contributed by atoms with Gasteiger partial charge in [0.2, 0.25) is 30.1 Å². The van der Waals surface area contributed by atoms with Crippen molar-refractivity contribution >= 4 is 36.0 Å². The predicted octanol–water partition coefficient (Wildman–Crippen LogP) is -0.0931. The van der Waals surface area contributed by atoms with E-state index in [0.717, 1.165) is 0 Å². The standard InChI is InChI=1S/C11H23NO8S3/c1-6-11(2,3)10(13)20-8-7-9-23(18,19)12(21(4,14)15)22(5,16)17/h6-9H2,1-5H3. The molecule has 0 saturated carbocycles. The summed E-state index contributed by atoms with van der Waals surface area (Å²) in [6.07, 6.45) is 1.26. The van der Waals surface area contributed by atoms with E-state index in [1.54, 1.807) is 20.8 Å². The van der Waals surface area contributed by atoms with Gasteiger partial charge in [-0.25, -0.2) is 25.3 Å². The maximum absolute atomic E-state index is 11.9. The van der Waals surface area contributed by atoms with Crippen LogP contribution in [0.1, 0.15) is 33.6 Å². The molecule has 0 atom stereocenters. The highest BCUT2D eigenvalue weighted by Crippen LogP contribution is 2.21. The molecular weight excluding hydrogens is 370 g/mol. The molecule has 0 aliphatic heterocycles. The van der Waals surface area contributed by atoms with Crippen LogP contribution in [0.15, 0.2) is 0 Å². The third-order valence-corrected chi connectivity index (χ3v) is 9.94. The molecule has 0 aromatic heterocycles. The third kappa shape index (κ3) is 6.73. The van der Waals surface area contributed by atoms with E-state index in [9.17, 15) is 30.0 Å². The number of ether oxygens (including phenoxy) is 1. The molecule has 0 radical (unpaired) electrons. The van der Waals surface area contributed by atoms with Crippen molar-refractivity contribution in [3.05, 3.63) is 0 Å². The Bertz CT molecular complexity index is 702. The van der Waals surface area contributed by atoms with E-state index in [1.165, 1.54) is 0 Å². The Morgan fingerprint density at radius 1 is 1.00 bits per heavy atom. The van der Waals surface area contributed by atoms with Crippen molar-refractivity contribution in [3.63, 3.8) is 0 Å². The fourth-order valence-electron chi connectivity index (χ4n) is 1.48. The molecule has 0 rings (SSSR count). The number of esters is 1. The number of sulfonamides is 3. The Balaban J connectivity index is 4.94. The SMILES string of the molecule is CCC(C)(C)C(=O)OCCCS(=O)(=O)N(S(C)(=O)=O)S(C)(=O)=O. The Morgan fingerprint density at radius 2 is 1.43 bits per heavy atom. The number of carbonyl (C=O) groups is 1. The van der Waals surface area contributed by atoms with Crippen LogP contribution in [-0.4, -0.2) is 59.2 Å². The van der Waals surface area contributed by atoms with Crippen molar-refractivity contribution < 1.29 is 34.8 Å². The number of hydrogen-bond donors (Lipinski definition) is 0. The average molecular weight is 394 g/mol. The minimum atomic E-state index is -4.61. The molecule has 0 aromatic carbocycles. The summed E-state index contributed by atoms with van der Waals surface area (Å²) < 4.78 is 74.0. The lowest BCUT2D eigenvalue weighted by Gasteiger charge is -2.20. The second-order valence-electron chi connectivity index (χ2n) is 5.70. The monoisotopic (exact) mass is 393 g/mol. The second kappa shape index (κ2) is 7.45. The van der Waals surface area contributed by atoms with Crippen LogP contribution < -0.4 is 0 Å². The first kappa shape index (κ1) is 22.3. The van der Waals surface area contributed by atoms with E-state index < -0.39 is 50.3 Å². The van der Waals surface area contributed by atoms with E-state index in [0.29, 0.717) is 18.9 Å². The summed E-state index contributed by atoms with van der Waals surface area (Å²) in [5.74, 6) is -1.30. The molecule has 0 bridgehead atoms. The van der Waals surface area contributed by atoms with Crippen LogP contribution in [0.25, 0.3) is 0 Å². The highest BCUT2D eigenvalue weighted by molar-refractivity contribution is 8.17. The molecule has 0 heterocycles. The van der Waals surface area contributed by atoms with Crippen LogP contribution >= 0.6 is 0 Å². The number of nitrogens with zero attached hydrogens (tertiary/aromatic N) is 1. The summed E-state index contributed by atoms with van der Waals surface area (Å²) >= 11 is 0. The van der Waals surface area contributed by atoms with Gasteiger partial charge in [-0.05, 0) is 26.7 Å². The summed E-state index contributed by atoms with van der Waals surface area (Å²) in [5, 5.41) is 0. The molecule has 0 amide bonds. The summed E-state index contributed by atoms with van der Waals surface area (Å²) in [4.78, 5) is 11.7. The minimum absolute atomic E-state index is 0.227. The van der Waals surface area contributed by atoms with Crippen molar-refractivity contribution in [2.75, 3.05) is 24.9 Å². The van der Waals surface area contributed by atoms with Crippen molar-refractivity contribution in [2.45, 2.75) is 33.6 Å². The van der Waals surface area contributed by atoms with Gasteiger partial charge in [0.1, 0.15) is 0 Å². The maximum atomic E-state index is 11.9. The lowest BCUT2D eigenvalue weighted by Crippen LogP contribution is -2.41.